The summed E-state index contributed by atoms with van der Waals surface area (Å²) >= 11 is 1.27. The number of hydrogen-bond donors (Lipinski definition) is 2. The summed E-state index contributed by atoms with van der Waals surface area (Å²) in [5, 5.41) is 11.8. The molecule has 0 radical (unpaired) electrons. The number of benzene rings is 2. The van der Waals surface area contributed by atoms with Gasteiger partial charge in [-0.3, -0.25) is 4.79 Å². The predicted octanol–water partition coefficient (Wildman–Crippen LogP) is 4.21. The van der Waals surface area contributed by atoms with Gasteiger partial charge < -0.3 is 11.2 Å². The van der Waals surface area contributed by atoms with E-state index in [1.165, 1.54) is 16.4 Å². The minimum Gasteiger partial charge on any atom is -0.335 e. The normalized spacial score (nSPS) is 12.0. The number of carbonyl (C=O) groups excluding carboxylic acids is 1. The molecule has 0 bridgehead atoms. The Morgan fingerprint density at radius 2 is 1.89 bits per heavy atom. The predicted molar refractivity (Wildman–Crippen MR) is 115 cm³/mol. The zero-order valence-corrected chi connectivity index (χ0v) is 17.2. The first-order valence-electron chi connectivity index (χ1n) is 9.28. The molecule has 146 valence electrons. The number of amides is 1. The molecule has 1 amide bonds. The minimum atomic E-state index is -0.0966. The van der Waals surface area contributed by atoms with Crippen molar-refractivity contribution in [1.82, 2.24) is 14.9 Å². The van der Waals surface area contributed by atoms with E-state index in [0.29, 0.717) is 16.9 Å². The molecule has 0 spiro atoms. The number of hydrogen-bond acceptors (Lipinski definition) is 5. The third-order valence-corrected chi connectivity index (χ3v) is 5.63. The number of para-hydroxylation sites is 1. The van der Waals surface area contributed by atoms with Crippen LogP contribution >= 0.6 is 11.8 Å². The van der Waals surface area contributed by atoms with Crippen LogP contribution in [0.5, 0.6) is 0 Å². The molecule has 28 heavy (non-hydrogen) atoms. The van der Waals surface area contributed by atoms with Crippen molar-refractivity contribution in [3.63, 3.8) is 0 Å². The van der Waals surface area contributed by atoms with Crippen LogP contribution in [0.2, 0.25) is 0 Å². The molecular weight excluding hydrogens is 370 g/mol. The zero-order valence-electron chi connectivity index (χ0n) is 16.3. The lowest BCUT2D eigenvalue weighted by molar-refractivity contribution is -0.113. The summed E-state index contributed by atoms with van der Waals surface area (Å²) in [5.74, 6) is 7.20. The fourth-order valence-corrected chi connectivity index (χ4v) is 3.51. The molecule has 0 saturated heterocycles. The van der Waals surface area contributed by atoms with Gasteiger partial charge in [-0.05, 0) is 30.9 Å². The Labute approximate surface area is 169 Å². The van der Waals surface area contributed by atoms with Crippen LogP contribution in [-0.4, -0.2) is 26.5 Å². The number of nitrogen functional groups attached to an aromatic ring is 1. The number of anilines is 1. The van der Waals surface area contributed by atoms with E-state index in [1.54, 1.807) is 0 Å². The van der Waals surface area contributed by atoms with Crippen molar-refractivity contribution >= 4 is 23.4 Å². The third-order valence-electron chi connectivity index (χ3n) is 4.68. The molecule has 0 saturated carbocycles. The maximum Gasteiger partial charge on any atom is 0.234 e. The lowest BCUT2D eigenvalue weighted by Crippen LogP contribution is -2.17. The van der Waals surface area contributed by atoms with Gasteiger partial charge in [0.2, 0.25) is 11.1 Å². The topological polar surface area (TPSA) is 85.8 Å². The lowest BCUT2D eigenvalue weighted by Gasteiger charge is -2.15. The summed E-state index contributed by atoms with van der Waals surface area (Å²) < 4.78 is 1.43. The molecule has 2 aromatic carbocycles. The average molecular weight is 396 g/mol. The summed E-state index contributed by atoms with van der Waals surface area (Å²) in [5.41, 5.74) is 4.05. The second kappa shape index (κ2) is 8.93. The van der Waals surface area contributed by atoms with Crippen molar-refractivity contribution in [3.8, 4) is 11.4 Å². The van der Waals surface area contributed by atoms with Gasteiger partial charge in [-0.25, -0.2) is 4.68 Å². The molecule has 3 rings (SSSR count). The number of thioether (sulfide) groups is 1. The highest BCUT2D eigenvalue weighted by Crippen LogP contribution is 2.27. The van der Waals surface area contributed by atoms with Crippen LogP contribution in [0.3, 0.4) is 0 Å². The van der Waals surface area contributed by atoms with Gasteiger partial charge in [0.1, 0.15) is 0 Å². The fourth-order valence-electron chi connectivity index (χ4n) is 2.85. The Morgan fingerprint density at radius 3 is 2.61 bits per heavy atom. The Balaban J connectivity index is 1.65. The van der Waals surface area contributed by atoms with E-state index in [0.717, 1.165) is 28.8 Å². The SMILES string of the molecule is CC[C@@H](C)c1ccccc1NC(=O)CSc1nnc(-c2ccc(C)cc2)n1N. The summed E-state index contributed by atoms with van der Waals surface area (Å²) in [6.07, 6.45) is 1.01. The third kappa shape index (κ3) is 4.54. The number of rotatable bonds is 7. The van der Waals surface area contributed by atoms with Gasteiger partial charge in [-0.2, -0.15) is 0 Å². The average Bonchev–Trinajstić information content (AvgIpc) is 3.07. The van der Waals surface area contributed by atoms with Crippen LogP contribution in [0.1, 0.15) is 37.3 Å². The molecule has 0 aliphatic heterocycles. The number of nitrogens with zero attached hydrogens (tertiary/aromatic N) is 3. The highest BCUT2D eigenvalue weighted by Gasteiger charge is 2.15. The Bertz CT molecular complexity index is 952. The monoisotopic (exact) mass is 395 g/mol. The minimum absolute atomic E-state index is 0.0966. The molecule has 3 aromatic rings. The van der Waals surface area contributed by atoms with E-state index < -0.39 is 0 Å². The molecule has 6 nitrogen and oxygen atoms in total. The summed E-state index contributed by atoms with van der Waals surface area (Å²) in [7, 11) is 0. The van der Waals surface area contributed by atoms with E-state index in [-0.39, 0.29) is 11.7 Å². The molecule has 1 aromatic heterocycles. The first-order chi connectivity index (χ1) is 13.5. The van der Waals surface area contributed by atoms with Crippen LogP contribution in [-0.2, 0) is 4.79 Å². The van der Waals surface area contributed by atoms with Crippen molar-refractivity contribution in [3.05, 3.63) is 59.7 Å². The number of carbonyl (C=O) groups is 1. The Kier molecular flexibility index (Phi) is 6.36. The van der Waals surface area contributed by atoms with Crippen molar-refractivity contribution in [1.29, 1.82) is 0 Å². The van der Waals surface area contributed by atoms with Gasteiger partial charge in [-0.15, -0.1) is 10.2 Å². The highest BCUT2D eigenvalue weighted by atomic mass is 32.2. The molecule has 3 N–H and O–H groups in total. The van der Waals surface area contributed by atoms with Gasteiger partial charge in [0.25, 0.3) is 0 Å². The summed E-state index contributed by atoms with van der Waals surface area (Å²) in [6, 6.07) is 15.8. The molecule has 0 unspecified atom stereocenters. The van der Waals surface area contributed by atoms with E-state index in [1.807, 2.05) is 49.4 Å². The van der Waals surface area contributed by atoms with Gasteiger partial charge in [0.05, 0.1) is 5.75 Å². The largest absolute Gasteiger partial charge is 0.335 e. The molecular formula is C21H25N5OS. The van der Waals surface area contributed by atoms with Crippen LogP contribution in [0.25, 0.3) is 11.4 Å². The second-order valence-corrected chi connectivity index (χ2v) is 7.72. The van der Waals surface area contributed by atoms with Crippen molar-refractivity contribution in [2.75, 3.05) is 16.9 Å². The molecule has 0 aliphatic carbocycles. The first kappa shape index (κ1) is 19.9. The Hall–Kier alpha value is -2.80. The van der Waals surface area contributed by atoms with Crippen molar-refractivity contribution in [2.24, 2.45) is 0 Å². The summed E-state index contributed by atoms with van der Waals surface area (Å²) in [4.78, 5) is 12.4. The number of nitrogens with one attached hydrogen (secondary N) is 1. The molecule has 7 heteroatoms. The molecule has 1 atom stereocenters. The fraction of sp³-hybridized carbons (Fsp3) is 0.286. The highest BCUT2D eigenvalue weighted by molar-refractivity contribution is 7.99. The van der Waals surface area contributed by atoms with Gasteiger partial charge >= 0.3 is 0 Å². The van der Waals surface area contributed by atoms with E-state index in [2.05, 4.69) is 35.4 Å². The summed E-state index contributed by atoms with van der Waals surface area (Å²) in [6.45, 7) is 6.32. The van der Waals surface area contributed by atoms with E-state index in [9.17, 15) is 4.79 Å². The maximum absolute atomic E-state index is 12.4. The number of aromatic nitrogens is 3. The molecule has 1 heterocycles. The first-order valence-corrected chi connectivity index (χ1v) is 10.3. The number of aryl methyl sites for hydroxylation is 1. The molecule has 0 fully saturated rings. The van der Waals surface area contributed by atoms with Crippen LogP contribution < -0.4 is 11.2 Å². The van der Waals surface area contributed by atoms with Gasteiger partial charge in [-0.1, -0.05) is 73.6 Å². The lowest BCUT2D eigenvalue weighted by atomic mass is 9.97. The van der Waals surface area contributed by atoms with Gasteiger partial charge in [0, 0.05) is 11.3 Å². The zero-order chi connectivity index (χ0) is 20.1. The number of nitrogens with two attached hydrogens (primary N) is 1. The second-order valence-electron chi connectivity index (χ2n) is 6.78. The smallest absolute Gasteiger partial charge is 0.234 e. The van der Waals surface area contributed by atoms with Crippen LogP contribution in [0.15, 0.2) is 53.7 Å². The van der Waals surface area contributed by atoms with E-state index >= 15 is 0 Å². The standard InChI is InChI=1S/C21H25N5OS/c1-4-15(3)17-7-5-6-8-18(17)23-19(27)13-28-21-25-24-20(26(21)22)16-11-9-14(2)10-12-16/h5-12,15H,4,13,22H2,1-3H3,(H,23,27)/t15-/m1/s1. The molecule has 0 aliphatic rings. The van der Waals surface area contributed by atoms with Crippen LogP contribution in [0.4, 0.5) is 5.69 Å². The van der Waals surface area contributed by atoms with Crippen LogP contribution in [0, 0.1) is 6.92 Å². The quantitative estimate of drug-likeness (QED) is 0.462. The van der Waals surface area contributed by atoms with Crippen molar-refractivity contribution < 1.29 is 4.79 Å². The van der Waals surface area contributed by atoms with Crippen molar-refractivity contribution in [2.45, 2.75) is 38.3 Å². The Morgan fingerprint density at radius 1 is 1.18 bits per heavy atom. The maximum atomic E-state index is 12.4. The van der Waals surface area contributed by atoms with Gasteiger partial charge in [0.15, 0.2) is 5.82 Å². The van der Waals surface area contributed by atoms with E-state index in [4.69, 9.17) is 5.84 Å².